The van der Waals surface area contributed by atoms with Crippen molar-refractivity contribution in [1.29, 1.82) is 0 Å². The summed E-state index contributed by atoms with van der Waals surface area (Å²) in [5, 5.41) is 3.32. The van der Waals surface area contributed by atoms with Crippen LogP contribution < -0.4 is 0 Å². The Morgan fingerprint density at radius 2 is 1.93 bits per heavy atom. The summed E-state index contributed by atoms with van der Waals surface area (Å²) < 4.78 is 0. The van der Waals surface area contributed by atoms with E-state index in [0.717, 1.165) is 23.3 Å². The van der Waals surface area contributed by atoms with Crippen LogP contribution in [0.1, 0.15) is 24.5 Å². The molecule has 0 aliphatic carbocycles. The third-order valence-corrected chi connectivity index (χ3v) is 3.34. The largest absolute Gasteiger partial charge is 0.0834 e. The van der Waals surface area contributed by atoms with E-state index >= 15 is 0 Å². The summed E-state index contributed by atoms with van der Waals surface area (Å²) in [5.41, 5.74) is 2.61. The maximum atomic E-state index is 6.37. The van der Waals surface area contributed by atoms with E-state index in [1.165, 1.54) is 16.5 Å². The fourth-order valence-corrected chi connectivity index (χ4v) is 2.28. The molecule has 0 fully saturated rings. The Hall–Kier alpha value is -1.01. The van der Waals surface area contributed by atoms with Crippen LogP contribution in [0.4, 0.5) is 0 Å². The van der Waals surface area contributed by atoms with E-state index in [2.05, 4.69) is 38.1 Å². The van der Waals surface area contributed by atoms with Crippen molar-refractivity contribution in [2.24, 2.45) is 0 Å². The van der Waals surface area contributed by atoms with Gasteiger partial charge in [0.1, 0.15) is 0 Å². The summed E-state index contributed by atoms with van der Waals surface area (Å²) in [6, 6.07) is 10.6. The first-order chi connectivity index (χ1) is 7.24. The van der Waals surface area contributed by atoms with E-state index in [1.54, 1.807) is 0 Å². The lowest BCUT2D eigenvalue weighted by atomic mass is 9.99. The van der Waals surface area contributed by atoms with Gasteiger partial charge in [-0.05, 0) is 29.9 Å². The van der Waals surface area contributed by atoms with Gasteiger partial charge in [0.2, 0.25) is 0 Å². The minimum atomic E-state index is 0.913. The molecule has 0 spiro atoms. The van der Waals surface area contributed by atoms with Gasteiger partial charge in [-0.3, -0.25) is 0 Å². The average Bonchev–Trinajstić information content (AvgIpc) is 2.26. The van der Waals surface area contributed by atoms with E-state index in [0.29, 0.717) is 0 Å². The first kappa shape index (κ1) is 10.5. The zero-order valence-corrected chi connectivity index (χ0v) is 9.93. The van der Waals surface area contributed by atoms with Gasteiger partial charge in [-0.15, -0.1) is 0 Å². The Balaban J connectivity index is 2.71. The number of hydrogen-bond donors (Lipinski definition) is 0. The van der Waals surface area contributed by atoms with E-state index in [9.17, 15) is 0 Å². The summed E-state index contributed by atoms with van der Waals surface area (Å²) in [5.74, 6) is 0. The molecule has 0 heterocycles. The van der Waals surface area contributed by atoms with Crippen LogP contribution in [-0.4, -0.2) is 0 Å². The van der Waals surface area contributed by atoms with Gasteiger partial charge in [0.15, 0.2) is 0 Å². The smallest absolute Gasteiger partial charge is 0.0516 e. The summed E-state index contributed by atoms with van der Waals surface area (Å²) in [6.45, 7) is 4.31. The van der Waals surface area contributed by atoms with Crippen LogP contribution in [0.3, 0.4) is 0 Å². The van der Waals surface area contributed by atoms with E-state index < -0.39 is 0 Å². The lowest BCUT2D eigenvalue weighted by Gasteiger charge is -2.10. The Kier molecular flexibility index (Phi) is 2.97. The van der Waals surface area contributed by atoms with Crippen molar-refractivity contribution in [1.82, 2.24) is 0 Å². The number of rotatable bonds is 2. The molecule has 0 radical (unpaired) electrons. The normalized spacial score (nSPS) is 10.9. The summed E-state index contributed by atoms with van der Waals surface area (Å²) >= 11 is 6.37. The second-order valence-electron chi connectivity index (χ2n) is 3.95. The van der Waals surface area contributed by atoms with Gasteiger partial charge in [-0.25, -0.2) is 0 Å². The molecule has 0 unspecified atom stereocenters. The Labute approximate surface area is 95.9 Å². The van der Waals surface area contributed by atoms with Crippen molar-refractivity contribution >= 4 is 22.4 Å². The minimum Gasteiger partial charge on any atom is -0.0834 e. The topological polar surface area (TPSA) is 0 Å². The number of benzene rings is 2. The Morgan fingerprint density at radius 3 is 2.67 bits per heavy atom. The highest BCUT2D eigenvalue weighted by molar-refractivity contribution is 6.36. The second kappa shape index (κ2) is 4.24. The molecule has 0 aromatic heterocycles. The molecule has 0 N–H and O–H groups in total. The summed E-state index contributed by atoms with van der Waals surface area (Å²) in [4.78, 5) is 0. The standard InChI is InChI=1S/C14H15Cl/c1-3-6-11-9-12-7-4-5-8-13(12)14(15)10(11)2/h4-5,7-9H,3,6H2,1-2H3. The second-order valence-corrected chi connectivity index (χ2v) is 4.32. The lowest BCUT2D eigenvalue weighted by molar-refractivity contribution is 0.915. The predicted molar refractivity (Wildman–Crippen MR) is 67.7 cm³/mol. The molecule has 0 saturated carbocycles. The maximum Gasteiger partial charge on any atom is 0.0516 e. The van der Waals surface area contributed by atoms with E-state index in [1.807, 2.05) is 6.07 Å². The molecule has 0 atom stereocenters. The van der Waals surface area contributed by atoms with Gasteiger partial charge in [-0.1, -0.05) is 55.3 Å². The van der Waals surface area contributed by atoms with Gasteiger partial charge in [0.05, 0.1) is 5.02 Å². The first-order valence-corrected chi connectivity index (χ1v) is 5.78. The van der Waals surface area contributed by atoms with Crippen LogP contribution >= 0.6 is 11.6 Å². The van der Waals surface area contributed by atoms with E-state index in [4.69, 9.17) is 11.6 Å². The molecule has 78 valence electrons. The highest BCUT2D eigenvalue weighted by atomic mass is 35.5. The number of hydrogen-bond acceptors (Lipinski definition) is 0. The van der Waals surface area contributed by atoms with Crippen LogP contribution in [-0.2, 0) is 6.42 Å². The number of fused-ring (bicyclic) bond motifs is 1. The Morgan fingerprint density at radius 1 is 1.20 bits per heavy atom. The van der Waals surface area contributed by atoms with Crippen LogP contribution in [0.25, 0.3) is 10.8 Å². The van der Waals surface area contributed by atoms with Crippen molar-refractivity contribution < 1.29 is 0 Å². The van der Waals surface area contributed by atoms with Gasteiger partial charge in [-0.2, -0.15) is 0 Å². The molecule has 0 amide bonds. The molecular formula is C14H15Cl. The van der Waals surface area contributed by atoms with Gasteiger partial charge >= 0.3 is 0 Å². The van der Waals surface area contributed by atoms with E-state index in [-0.39, 0.29) is 0 Å². The molecule has 15 heavy (non-hydrogen) atoms. The van der Waals surface area contributed by atoms with Crippen molar-refractivity contribution in [2.75, 3.05) is 0 Å². The Bertz CT molecular complexity index is 486. The van der Waals surface area contributed by atoms with Crippen molar-refractivity contribution in [3.05, 3.63) is 46.5 Å². The number of halogens is 1. The number of aryl methyl sites for hydroxylation is 1. The minimum absolute atomic E-state index is 0.913. The SMILES string of the molecule is CCCc1cc2ccccc2c(Cl)c1C. The van der Waals surface area contributed by atoms with Crippen molar-refractivity contribution in [3.8, 4) is 0 Å². The summed E-state index contributed by atoms with van der Waals surface area (Å²) in [7, 11) is 0. The van der Waals surface area contributed by atoms with Crippen LogP contribution in [0.15, 0.2) is 30.3 Å². The van der Waals surface area contributed by atoms with Crippen molar-refractivity contribution in [2.45, 2.75) is 26.7 Å². The first-order valence-electron chi connectivity index (χ1n) is 5.40. The summed E-state index contributed by atoms with van der Waals surface area (Å²) in [6.07, 6.45) is 2.27. The average molecular weight is 219 g/mol. The fourth-order valence-electron chi connectivity index (χ4n) is 1.99. The molecule has 0 aliphatic heterocycles. The molecule has 0 saturated heterocycles. The molecule has 2 rings (SSSR count). The fraction of sp³-hybridized carbons (Fsp3) is 0.286. The molecule has 1 heteroatoms. The highest BCUT2D eigenvalue weighted by Crippen LogP contribution is 2.30. The molecule has 0 nitrogen and oxygen atoms in total. The zero-order chi connectivity index (χ0) is 10.8. The predicted octanol–water partition coefficient (Wildman–Crippen LogP) is 4.75. The van der Waals surface area contributed by atoms with Crippen LogP contribution in [0.5, 0.6) is 0 Å². The maximum absolute atomic E-state index is 6.37. The van der Waals surface area contributed by atoms with Crippen LogP contribution in [0, 0.1) is 6.92 Å². The quantitative estimate of drug-likeness (QED) is 0.682. The van der Waals surface area contributed by atoms with Gasteiger partial charge < -0.3 is 0 Å². The highest BCUT2D eigenvalue weighted by Gasteiger charge is 2.06. The molecule has 2 aromatic rings. The molecule has 2 aromatic carbocycles. The molecule has 0 aliphatic rings. The van der Waals surface area contributed by atoms with Crippen LogP contribution in [0.2, 0.25) is 5.02 Å². The third kappa shape index (κ3) is 1.87. The van der Waals surface area contributed by atoms with Gasteiger partial charge in [0, 0.05) is 5.39 Å². The van der Waals surface area contributed by atoms with Crippen molar-refractivity contribution in [3.63, 3.8) is 0 Å². The molecule has 0 bridgehead atoms. The monoisotopic (exact) mass is 218 g/mol. The van der Waals surface area contributed by atoms with Gasteiger partial charge in [0.25, 0.3) is 0 Å². The molecular weight excluding hydrogens is 204 g/mol. The zero-order valence-electron chi connectivity index (χ0n) is 9.18. The lowest BCUT2D eigenvalue weighted by Crippen LogP contribution is -1.90. The third-order valence-electron chi connectivity index (χ3n) is 2.86.